The average molecular weight is 247 g/mol. The first kappa shape index (κ1) is 13.3. The lowest BCUT2D eigenvalue weighted by Gasteiger charge is -2.29. The molecule has 0 saturated heterocycles. The van der Waals surface area contributed by atoms with Crippen molar-refractivity contribution in [3.63, 3.8) is 0 Å². The van der Waals surface area contributed by atoms with E-state index in [1.54, 1.807) is 0 Å². The molecule has 0 aliphatic heterocycles. The average Bonchev–Trinajstić information content (AvgIpc) is 2.67. The third kappa shape index (κ3) is 3.22. The normalized spacial score (nSPS) is 19.3. The van der Waals surface area contributed by atoms with Crippen LogP contribution in [0.25, 0.3) is 0 Å². The highest BCUT2D eigenvalue weighted by Crippen LogP contribution is 2.25. The minimum Gasteiger partial charge on any atom is -0.370 e. The number of rotatable bonds is 3. The van der Waals surface area contributed by atoms with E-state index in [1.165, 1.54) is 44.2 Å². The van der Waals surface area contributed by atoms with E-state index in [0.29, 0.717) is 6.04 Å². The van der Waals surface area contributed by atoms with Crippen molar-refractivity contribution < 1.29 is 0 Å². The predicted octanol–water partition coefficient (Wildman–Crippen LogP) is 3.26. The summed E-state index contributed by atoms with van der Waals surface area (Å²) in [5.41, 5.74) is 8.01. The van der Waals surface area contributed by atoms with E-state index in [4.69, 9.17) is 5.73 Å². The van der Waals surface area contributed by atoms with Crippen LogP contribution >= 0.6 is 0 Å². The Morgan fingerprint density at radius 1 is 1.22 bits per heavy atom. The number of hydrogen-bond acceptors (Lipinski definition) is 3. The van der Waals surface area contributed by atoms with Crippen molar-refractivity contribution in [1.82, 2.24) is 4.98 Å². The van der Waals surface area contributed by atoms with Crippen molar-refractivity contribution in [2.75, 3.05) is 11.9 Å². The Kier molecular flexibility index (Phi) is 4.59. The van der Waals surface area contributed by atoms with Gasteiger partial charge in [0, 0.05) is 19.1 Å². The summed E-state index contributed by atoms with van der Waals surface area (Å²) in [4.78, 5) is 6.84. The summed E-state index contributed by atoms with van der Waals surface area (Å²) in [5.74, 6) is 0. The Balaban J connectivity index is 2.05. The molecule has 0 unspecified atom stereocenters. The smallest absolute Gasteiger partial charge is 0.0569 e. The molecule has 18 heavy (non-hydrogen) atoms. The molecule has 3 nitrogen and oxygen atoms in total. The summed E-state index contributed by atoms with van der Waals surface area (Å²) in [6.45, 7) is 1.97. The van der Waals surface area contributed by atoms with Crippen LogP contribution in [0, 0.1) is 0 Å². The molecule has 0 aromatic carbocycles. The number of nitrogens with two attached hydrogens (primary N) is 1. The molecule has 0 amide bonds. The highest BCUT2D eigenvalue weighted by molar-refractivity contribution is 5.45. The first-order chi connectivity index (χ1) is 8.68. The number of pyridine rings is 1. The Bertz CT molecular complexity index is 351. The van der Waals surface area contributed by atoms with Gasteiger partial charge in [-0.1, -0.05) is 25.7 Å². The number of nitrogens with zero attached hydrogens (tertiary/aromatic N) is 2. The number of hydrogen-bond donors (Lipinski definition) is 1. The zero-order chi connectivity index (χ0) is 13.0. The summed E-state index contributed by atoms with van der Waals surface area (Å²) in [6, 6.07) is 4.89. The van der Waals surface area contributed by atoms with Crippen LogP contribution in [-0.4, -0.2) is 18.1 Å². The summed E-state index contributed by atoms with van der Waals surface area (Å²) in [6.07, 6.45) is 10.1. The topological polar surface area (TPSA) is 42.1 Å². The molecule has 2 rings (SSSR count). The van der Waals surface area contributed by atoms with Crippen LogP contribution in [-0.2, 0) is 0 Å². The first-order valence-electron chi connectivity index (χ1n) is 7.13. The second kappa shape index (κ2) is 6.19. The van der Waals surface area contributed by atoms with E-state index in [-0.39, 0.29) is 6.04 Å². The second-order valence-corrected chi connectivity index (χ2v) is 5.49. The van der Waals surface area contributed by atoms with Gasteiger partial charge in [0.1, 0.15) is 0 Å². The van der Waals surface area contributed by atoms with E-state index in [0.717, 1.165) is 5.69 Å². The van der Waals surface area contributed by atoms with Crippen LogP contribution in [0.5, 0.6) is 0 Å². The van der Waals surface area contributed by atoms with Crippen LogP contribution in [0.15, 0.2) is 18.3 Å². The van der Waals surface area contributed by atoms with Crippen LogP contribution in [0.3, 0.4) is 0 Å². The van der Waals surface area contributed by atoms with Gasteiger partial charge in [0.15, 0.2) is 0 Å². The van der Waals surface area contributed by atoms with E-state index in [9.17, 15) is 0 Å². The summed E-state index contributed by atoms with van der Waals surface area (Å²) in [5, 5.41) is 0. The van der Waals surface area contributed by atoms with Gasteiger partial charge >= 0.3 is 0 Å². The van der Waals surface area contributed by atoms with Gasteiger partial charge in [-0.15, -0.1) is 0 Å². The number of anilines is 1. The van der Waals surface area contributed by atoms with E-state index in [2.05, 4.69) is 23.0 Å². The predicted molar refractivity (Wildman–Crippen MR) is 76.7 cm³/mol. The molecule has 100 valence electrons. The lowest BCUT2D eigenvalue weighted by molar-refractivity contribution is 0.552. The van der Waals surface area contributed by atoms with Gasteiger partial charge in [0.25, 0.3) is 0 Å². The highest BCUT2D eigenvalue weighted by Gasteiger charge is 2.17. The molecule has 1 aliphatic rings. The van der Waals surface area contributed by atoms with Gasteiger partial charge in [-0.3, -0.25) is 4.98 Å². The SMILES string of the molecule is C[C@@H](N)c1ccc(N(C)C2CCCCCC2)cn1. The Morgan fingerprint density at radius 3 is 2.39 bits per heavy atom. The lowest BCUT2D eigenvalue weighted by Crippen LogP contribution is -2.31. The van der Waals surface area contributed by atoms with Gasteiger partial charge in [-0.05, 0) is 31.9 Å². The van der Waals surface area contributed by atoms with Gasteiger partial charge < -0.3 is 10.6 Å². The van der Waals surface area contributed by atoms with Crippen LogP contribution in [0.4, 0.5) is 5.69 Å². The van der Waals surface area contributed by atoms with Crippen molar-refractivity contribution in [2.45, 2.75) is 57.5 Å². The fourth-order valence-electron chi connectivity index (χ4n) is 2.73. The summed E-state index contributed by atoms with van der Waals surface area (Å²) < 4.78 is 0. The standard InChI is InChI=1S/C15H25N3/c1-12(16)15-10-9-14(11-17-15)18(2)13-7-5-3-4-6-8-13/h9-13H,3-8,16H2,1-2H3/t12-/m1/s1. The molecule has 1 fully saturated rings. The molecular weight excluding hydrogens is 222 g/mol. The summed E-state index contributed by atoms with van der Waals surface area (Å²) >= 11 is 0. The fourth-order valence-corrected chi connectivity index (χ4v) is 2.73. The lowest BCUT2D eigenvalue weighted by atomic mass is 10.1. The minimum atomic E-state index is 0.0160. The number of aromatic nitrogens is 1. The molecule has 0 bridgehead atoms. The quantitative estimate of drug-likeness (QED) is 0.834. The van der Waals surface area contributed by atoms with Crippen molar-refractivity contribution in [2.24, 2.45) is 5.73 Å². The van der Waals surface area contributed by atoms with E-state index >= 15 is 0 Å². The van der Waals surface area contributed by atoms with Gasteiger partial charge in [-0.2, -0.15) is 0 Å². The van der Waals surface area contributed by atoms with Crippen molar-refractivity contribution in [3.8, 4) is 0 Å². The van der Waals surface area contributed by atoms with Gasteiger partial charge in [0.05, 0.1) is 17.6 Å². The molecule has 1 aromatic heterocycles. The van der Waals surface area contributed by atoms with Gasteiger partial charge in [0.2, 0.25) is 0 Å². The van der Waals surface area contributed by atoms with Crippen molar-refractivity contribution in [1.29, 1.82) is 0 Å². The van der Waals surface area contributed by atoms with E-state index in [1.807, 2.05) is 19.2 Å². The molecular formula is C15H25N3. The Hall–Kier alpha value is -1.09. The van der Waals surface area contributed by atoms with Crippen LogP contribution < -0.4 is 10.6 Å². The van der Waals surface area contributed by atoms with E-state index < -0.39 is 0 Å². The molecule has 1 atom stereocenters. The maximum absolute atomic E-state index is 5.83. The molecule has 3 heteroatoms. The first-order valence-corrected chi connectivity index (χ1v) is 7.13. The largest absolute Gasteiger partial charge is 0.370 e. The van der Waals surface area contributed by atoms with Crippen molar-refractivity contribution in [3.05, 3.63) is 24.0 Å². The van der Waals surface area contributed by atoms with Crippen molar-refractivity contribution >= 4 is 5.69 Å². The Morgan fingerprint density at radius 2 is 1.89 bits per heavy atom. The maximum atomic E-state index is 5.83. The molecule has 0 radical (unpaired) electrons. The second-order valence-electron chi connectivity index (χ2n) is 5.49. The third-order valence-electron chi connectivity index (χ3n) is 4.02. The molecule has 1 heterocycles. The molecule has 2 N–H and O–H groups in total. The monoisotopic (exact) mass is 247 g/mol. The molecule has 0 spiro atoms. The van der Waals surface area contributed by atoms with Crippen LogP contribution in [0.1, 0.15) is 57.2 Å². The summed E-state index contributed by atoms with van der Waals surface area (Å²) in [7, 11) is 2.19. The zero-order valence-electron chi connectivity index (χ0n) is 11.6. The zero-order valence-corrected chi connectivity index (χ0v) is 11.6. The maximum Gasteiger partial charge on any atom is 0.0569 e. The third-order valence-corrected chi connectivity index (χ3v) is 4.02. The van der Waals surface area contributed by atoms with Crippen LogP contribution in [0.2, 0.25) is 0 Å². The Labute approximate surface area is 110 Å². The fraction of sp³-hybridized carbons (Fsp3) is 0.667. The molecule has 1 aliphatic carbocycles. The van der Waals surface area contributed by atoms with Gasteiger partial charge in [-0.25, -0.2) is 0 Å². The minimum absolute atomic E-state index is 0.0160. The highest BCUT2D eigenvalue weighted by atomic mass is 15.1. The molecule has 1 saturated carbocycles. The molecule has 1 aromatic rings.